The van der Waals surface area contributed by atoms with E-state index in [2.05, 4.69) is 12.2 Å². The fourth-order valence-corrected chi connectivity index (χ4v) is 3.20. The Balaban J connectivity index is 2.01. The van der Waals surface area contributed by atoms with Crippen LogP contribution in [0.5, 0.6) is 0 Å². The van der Waals surface area contributed by atoms with Gasteiger partial charge in [0.15, 0.2) is 5.54 Å². The highest BCUT2D eigenvalue weighted by atomic mass is 16.5. The third kappa shape index (κ3) is 2.90. The minimum absolute atomic E-state index is 0.0438. The van der Waals surface area contributed by atoms with Gasteiger partial charge in [-0.25, -0.2) is 9.59 Å². The summed E-state index contributed by atoms with van der Waals surface area (Å²) in [6.07, 6.45) is 4.76. The fraction of sp³-hybridized carbons (Fsp3) is 0.857. The first-order valence-electron chi connectivity index (χ1n) is 7.32. The van der Waals surface area contributed by atoms with Crippen LogP contribution in [0, 0.1) is 5.92 Å². The highest BCUT2D eigenvalue weighted by Gasteiger charge is 2.45. The Morgan fingerprint density at radius 1 is 1.35 bits per heavy atom. The molecule has 0 bridgehead atoms. The summed E-state index contributed by atoms with van der Waals surface area (Å²) >= 11 is 0. The number of rotatable bonds is 3. The number of aliphatic carboxylic acids is 1. The van der Waals surface area contributed by atoms with Gasteiger partial charge in [0.2, 0.25) is 0 Å². The van der Waals surface area contributed by atoms with Crippen molar-refractivity contribution in [3.63, 3.8) is 0 Å². The first kappa shape index (κ1) is 15.1. The lowest BCUT2D eigenvalue weighted by Gasteiger charge is -2.37. The zero-order valence-electron chi connectivity index (χ0n) is 12.2. The van der Waals surface area contributed by atoms with Crippen molar-refractivity contribution in [2.24, 2.45) is 5.92 Å². The second-order valence-corrected chi connectivity index (χ2v) is 6.06. The summed E-state index contributed by atoms with van der Waals surface area (Å²) < 4.78 is 5.15. The molecule has 0 aromatic carbocycles. The normalized spacial score (nSPS) is 33.7. The van der Waals surface area contributed by atoms with Crippen LogP contribution in [0.15, 0.2) is 0 Å². The van der Waals surface area contributed by atoms with Crippen molar-refractivity contribution in [1.82, 2.24) is 10.2 Å². The number of carboxylic acid groups (broad SMARTS) is 1. The Morgan fingerprint density at radius 2 is 2.05 bits per heavy atom. The molecule has 1 heterocycles. The predicted molar refractivity (Wildman–Crippen MR) is 73.5 cm³/mol. The van der Waals surface area contributed by atoms with E-state index in [-0.39, 0.29) is 18.7 Å². The first-order valence-corrected chi connectivity index (χ1v) is 7.32. The largest absolute Gasteiger partial charge is 0.479 e. The Kier molecular flexibility index (Phi) is 4.52. The molecule has 0 aromatic heterocycles. The predicted octanol–water partition coefficient (Wildman–Crippen LogP) is 1.45. The van der Waals surface area contributed by atoms with Gasteiger partial charge in [0.1, 0.15) is 0 Å². The van der Waals surface area contributed by atoms with Gasteiger partial charge < -0.3 is 20.1 Å². The summed E-state index contributed by atoms with van der Waals surface area (Å²) in [6, 6.07) is -0.117. The number of carboxylic acids is 1. The van der Waals surface area contributed by atoms with Crippen LogP contribution in [0.1, 0.15) is 39.0 Å². The van der Waals surface area contributed by atoms with Gasteiger partial charge in [-0.05, 0) is 18.8 Å². The maximum Gasteiger partial charge on any atom is 0.332 e. The molecule has 1 aliphatic heterocycles. The highest BCUT2D eigenvalue weighted by Crippen LogP contribution is 2.28. The number of nitrogens with zero attached hydrogens (tertiary/aromatic N) is 1. The Labute approximate surface area is 119 Å². The average molecular weight is 284 g/mol. The molecular formula is C14H24N2O4. The molecule has 6 heteroatoms. The molecule has 0 spiro atoms. The Bertz CT molecular complexity index is 379. The van der Waals surface area contributed by atoms with E-state index in [4.69, 9.17) is 4.74 Å². The maximum atomic E-state index is 12.3. The van der Waals surface area contributed by atoms with Crippen LogP contribution in [0.25, 0.3) is 0 Å². The van der Waals surface area contributed by atoms with E-state index >= 15 is 0 Å². The molecule has 3 unspecified atom stereocenters. The minimum atomic E-state index is -1.26. The molecule has 20 heavy (non-hydrogen) atoms. The van der Waals surface area contributed by atoms with Crippen LogP contribution >= 0.6 is 0 Å². The molecule has 3 atom stereocenters. The third-order valence-corrected chi connectivity index (χ3v) is 4.66. The molecule has 1 saturated heterocycles. The molecular weight excluding hydrogens is 260 g/mol. The average Bonchev–Trinajstić information content (AvgIpc) is 2.88. The summed E-state index contributed by atoms with van der Waals surface area (Å²) in [4.78, 5) is 25.4. The van der Waals surface area contributed by atoms with Crippen molar-refractivity contribution in [3.05, 3.63) is 0 Å². The van der Waals surface area contributed by atoms with Gasteiger partial charge in [0.25, 0.3) is 0 Å². The number of hydrogen-bond donors (Lipinski definition) is 2. The van der Waals surface area contributed by atoms with Crippen molar-refractivity contribution in [2.45, 2.75) is 50.6 Å². The molecule has 2 rings (SSSR count). The van der Waals surface area contributed by atoms with E-state index in [0.29, 0.717) is 18.9 Å². The molecule has 114 valence electrons. The van der Waals surface area contributed by atoms with Crippen molar-refractivity contribution >= 4 is 12.0 Å². The van der Waals surface area contributed by atoms with Gasteiger partial charge in [-0.2, -0.15) is 0 Å². The Hall–Kier alpha value is -1.30. The van der Waals surface area contributed by atoms with Gasteiger partial charge in [-0.1, -0.05) is 19.8 Å². The van der Waals surface area contributed by atoms with Crippen molar-refractivity contribution < 1.29 is 19.4 Å². The van der Waals surface area contributed by atoms with Crippen LogP contribution in [0.3, 0.4) is 0 Å². The fourth-order valence-electron chi connectivity index (χ4n) is 3.20. The lowest BCUT2D eigenvalue weighted by molar-refractivity contribution is -0.144. The lowest BCUT2D eigenvalue weighted by atomic mass is 9.85. The molecule has 6 nitrogen and oxygen atoms in total. The highest BCUT2D eigenvalue weighted by molar-refractivity contribution is 5.86. The van der Waals surface area contributed by atoms with Crippen molar-refractivity contribution in [3.8, 4) is 0 Å². The summed E-state index contributed by atoms with van der Waals surface area (Å²) in [5, 5.41) is 12.0. The van der Waals surface area contributed by atoms with Gasteiger partial charge in [0.05, 0.1) is 6.61 Å². The van der Waals surface area contributed by atoms with E-state index in [9.17, 15) is 14.7 Å². The Morgan fingerprint density at radius 3 is 2.60 bits per heavy atom. The van der Waals surface area contributed by atoms with Gasteiger partial charge in [-0.15, -0.1) is 0 Å². The quantitative estimate of drug-likeness (QED) is 0.822. The second-order valence-electron chi connectivity index (χ2n) is 6.06. The monoisotopic (exact) mass is 284 g/mol. The van der Waals surface area contributed by atoms with E-state index in [1.54, 1.807) is 11.9 Å². The lowest BCUT2D eigenvalue weighted by Crippen LogP contribution is -2.59. The standard InChI is InChI=1S/C14H24N2O4/c1-10-5-3-4-6-11(10)16(2)13(19)15-14(12(17)18)7-8-20-9-14/h10-11H,3-9H2,1-2H3,(H,15,19)(H,17,18). The van der Waals surface area contributed by atoms with Crippen LogP contribution in [-0.4, -0.2) is 53.8 Å². The summed E-state index contributed by atoms with van der Waals surface area (Å²) in [7, 11) is 1.76. The molecule has 2 N–H and O–H groups in total. The SMILES string of the molecule is CC1CCCCC1N(C)C(=O)NC1(C(=O)O)CCOC1. The number of amides is 2. The third-order valence-electron chi connectivity index (χ3n) is 4.66. The number of ether oxygens (including phenoxy) is 1. The van der Waals surface area contributed by atoms with E-state index in [1.807, 2.05) is 0 Å². The summed E-state index contributed by atoms with van der Waals surface area (Å²) in [5.41, 5.74) is -1.26. The maximum absolute atomic E-state index is 12.3. The van der Waals surface area contributed by atoms with Crippen LogP contribution in [0.2, 0.25) is 0 Å². The first-order chi connectivity index (χ1) is 9.46. The molecule has 2 aliphatic rings. The number of carbonyl (C=O) groups excluding carboxylic acids is 1. The van der Waals surface area contributed by atoms with Gasteiger partial charge >= 0.3 is 12.0 Å². The number of urea groups is 1. The van der Waals surface area contributed by atoms with E-state index < -0.39 is 11.5 Å². The number of nitrogens with one attached hydrogen (secondary N) is 1. The number of carbonyl (C=O) groups is 2. The van der Waals surface area contributed by atoms with Gasteiger partial charge in [0, 0.05) is 26.1 Å². The number of hydrogen-bond acceptors (Lipinski definition) is 3. The molecule has 2 fully saturated rings. The summed E-state index contributed by atoms with van der Waals surface area (Å²) in [5.74, 6) is -0.562. The van der Waals surface area contributed by atoms with Crippen LogP contribution in [-0.2, 0) is 9.53 Å². The van der Waals surface area contributed by atoms with Crippen LogP contribution < -0.4 is 5.32 Å². The van der Waals surface area contributed by atoms with E-state index in [0.717, 1.165) is 19.3 Å². The molecule has 1 aliphatic carbocycles. The van der Waals surface area contributed by atoms with Gasteiger partial charge in [-0.3, -0.25) is 0 Å². The summed E-state index contributed by atoms with van der Waals surface area (Å²) in [6.45, 7) is 2.57. The van der Waals surface area contributed by atoms with E-state index in [1.165, 1.54) is 6.42 Å². The second kappa shape index (κ2) is 5.99. The zero-order chi connectivity index (χ0) is 14.8. The molecule has 1 saturated carbocycles. The molecule has 2 amide bonds. The minimum Gasteiger partial charge on any atom is -0.479 e. The van der Waals surface area contributed by atoms with Crippen molar-refractivity contribution in [2.75, 3.05) is 20.3 Å². The molecule has 0 aromatic rings. The van der Waals surface area contributed by atoms with Crippen LogP contribution in [0.4, 0.5) is 4.79 Å². The molecule has 0 radical (unpaired) electrons. The topological polar surface area (TPSA) is 78.9 Å². The van der Waals surface area contributed by atoms with Crippen molar-refractivity contribution in [1.29, 1.82) is 0 Å². The smallest absolute Gasteiger partial charge is 0.332 e. The zero-order valence-corrected chi connectivity index (χ0v) is 12.2.